The summed E-state index contributed by atoms with van der Waals surface area (Å²) in [6, 6.07) is 7.09. The van der Waals surface area contributed by atoms with Gasteiger partial charge in [0, 0.05) is 6.54 Å². The van der Waals surface area contributed by atoms with E-state index in [0.717, 1.165) is 11.3 Å². The Kier molecular flexibility index (Phi) is 6.87. The molecule has 1 saturated heterocycles. The maximum Gasteiger partial charge on any atom is 0.234 e. The summed E-state index contributed by atoms with van der Waals surface area (Å²) in [5.41, 5.74) is 1.04. The number of amides is 1. The molecule has 1 aliphatic heterocycles. The number of ether oxygens (including phenoxy) is 1. The van der Waals surface area contributed by atoms with E-state index in [1.54, 1.807) is 6.08 Å². The third-order valence-corrected chi connectivity index (χ3v) is 6.16. The molecule has 1 amide bonds. The quantitative estimate of drug-likeness (QED) is 0.536. The molecule has 1 N–H and O–H groups in total. The minimum absolute atomic E-state index is 0.0877. The Morgan fingerprint density at radius 3 is 2.64 bits per heavy atom. The second-order valence-corrected chi connectivity index (χ2v) is 8.90. The van der Waals surface area contributed by atoms with Gasteiger partial charge in [0.2, 0.25) is 5.91 Å². The maximum absolute atomic E-state index is 12.1. The van der Waals surface area contributed by atoms with Crippen molar-refractivity contribution in [3.63, 3.8) is 0 Å². The van der Waals surface area contributed by atoms with Crippen molar-refractivity contribution in [1.82, 2.24) is 10.2 Å². The van der Waals surface area contributed by atoms with Crippen molar-refractivity contribution in [3.05, 3.63) is 42.5 Å². The van der Waals surface area contributed by atoms with Crippen LogP contribution in [-0.2, 0) is 21.2 Å². The fraction of sp³-hybridized carbons (Fsp3) is 0.471. The predicted molar refractivity (Wildman–Crippen MR) is 98.7 cm³/mol. The van der Waals surface area contributed by atoms with Crippen LogP contribution in [0.15, 0.2) is 36.9 Å². The lowest BCUT2D eigenvalue weighted by Gasteiger charge is -2.19. The fourth-order valence-electron chi connectivity index (χ4n) is 2.65. The maximum atomic E-state index is 12.1. The zero-order valence-electron chi connectivity index (χ0n) is 14.2. The number of likely N-dealkylation sites (N-methyl/N-ethyl adjacent to an activating group) is 1. The highest BCUT2D eigenvalue weighted by molar-refractivity contribution is 7.91. The van der Waals surface area contributed by atoms with Gasteiger partial charge in [-0.15, -0.1) is 11.6 Å². The molecule has 6 nitrogen and oxygen atoms in total. The molecule has 0 saturated carbocycles. The van der Waals surface area contributed by atoms with Crippen LogP contribution < -0.4 is 10.1 Å². The second kappa shape index (κ2) is 8.69. The topological polar surface area (TPSA) is 75.7 Å². The third-order valence-electron chi connectivity index (χ3n) is 3.79. The first kappa shape index (κ1) is 19.8. The molecule has 0 aromatic heterocycles. The number of carbonyl (C=O) groups is 1. The van der Waals surface area contributed by atoms with Crippen molar-refractivity contribution in [3.8, 4) is 5.75 Å². The molecule has 1 aromatic rings. The number of carbonyl (C=O) groups excluding carboxylic acids is 1. The summed E-state index contributed by atoms with van der Waals surface area (Å²) < 4.78 is 28.5. The lowest BCUT2D eigenvalue weighted by atomic mass is 10.2. The lowest BCUT2D eigenvalue weighted by Crippen LogP contribution is -2.44. The molecule has 0 unspecified atom stereocenters. The zero-order valence-corrected chi connectivity index (χ0v) is 15.7. The van der Waals surface area contributed by atoms with Gasteiger partial charge in [-0.05, 0) is 24.7 Å². The molecular formula is C17H23ClN2O4S. The van der Waals surface area contributed by atoms with Crippen LogP contribution in [-0.4, -0.2) is 62.3 Å². The van der Waals surface area contributed by atoms with Gasteiger partial charge in [0.1, 0.15) is 12.4 Å². The van der Waals surface area contributed by atoms with Crippen molar-refractivity contribution >= 4 is 27.3 Å². The number of hydrogen-bond donors (Lipinski definition) is 1. The van der Waals surface area contributed by atoms with Crippen molar-refractivity contribution in [2.75, 3.05) is 31.7 Å². The summed E-state index contributed by atoms with van der Waals surface area (Å²) in [5.74, 6) is 0.346. The molecule has 8 heteroatoms. The minimum atomic E-state index is -3.16. The first-order valence-corrected chi connectivity index (χ1v) is 10.2. The molecule has 1 fully saturated rings. The molecule has 1 aliphatic rings. The summed E-state index contributed by atoms with van der Waals surface area (Å²) in [7, 11) is -1.33. The Labute approximate surface area is 153 Å². The molecule has 0 aliphatic carbocycles. The largest absolute Gasteiger partial charge is 0.490 e. The van der Waals surface area contributed by atoms with E-state index < -0.39 is 21.3 Å². The van der Waals surface area contributed by atoms with E-state index in [-0.39, 0.29) is 24.0 Å². The van der Waals surface area contributed by atoms with Crippen LogP contribution in [0.3, 0.4) is 0 Å². The molecule has 138 valence electrons. The summed E-state index contributed by atoms with van der Waals surface area (Å²) >= 11 is 6.00. The molecule has 0 spiro atoms. The van der Waals surface area contributed by atoms with E-state index in [2.05, 4.69) is 11.9 Å². The Bertz CT molecular complexity index is 706. The summed E-state index contributed by atoms with van der Waals surface area (Å²) in [5, 5.41) is 2.14. The van der Waals surface area contributed by atoms with Crippen molar-refractivity contribution in [2.45, 2.75) is 18.0 Å². The van der Waals surface area contributed by atoms with Gasteiger partial charge in [-0.3, -0.25) is 9.69 Å². The highest BCUT2D eigenvalue weighted by Gasteiger charge is 2.37. The zero-order chi connectivity index (χ0) is 18.4. The molecule has 1 aromatic carbocycles. The van der Waals surface area contributed by atoms with Gasteiger partial charge < -0.3 is 10.1 Å². The second-order valence-electron chi connectivity index (χ2n) is 6.18. The van der Waals surface area contributed by atoms with Crippen LogP contribution in [0.25, 0.3) is 0 Å². The first-order valence-electron chi connectivity index (χ1n) is 7.94. The van der Waals surface area contributed by atoms with Gasteiger partial charge in [0.15, 0.2) is 9.84 Å². The average molecular weight is 387 g/mol. The van der Waals surface area contributed by atoms with Crippen LogP contribution in [0, 0.1) is 0 Å². The van der Waals surface area contributed by atoms with Gasteiger partial charge in [-0.25, -0.2) is 8.42 Å². The van der Waals surface area contributed by atoms with Crippen LogP contribution in [0.4, 0.5) is 0 Å². The summed E-state index contributed by atoms with van der Waals surface area (Å²) in [4.78, 5) is 13.9. The van der Waals surface area contributed by atoms with E-state index >= 15 is 0 Å². The van der Waals surface area contributed by atoms with Crippen LogP contribution in [0.1, 0.15) is 5.56 Å². The number of sulfone groups is 1. The average Bonchev–Trinajstić information content (AvgIpc) is 2.78. The predicted octanol–water partition coefficient (Wildman–Crippen LogP) is 1.20. The first-order chi connectivity index (χ1) is 11.8. The van der Waals surface area contributed by atoms with Gasteiger partial charge >= 0.3 is 0 Å². The number of rotatable bonds is 8. The van der Waals surface area contributed by atoms with Crippen LogP contribution >= 0.6 is 11.6 Å². The Hall–Kier alpha value is -1.57. The fourth-order valence-corrected chi connectivity index (χ4v) is 5.20. The Morgan fingerprint density at radius 2 is 2.08 bits per heavy atom. The van der Waals surface area contributed by atoms with E-state index in [4.69, 9.17) is 16.3 Å². The Morgan fingerprint density at radius 1 is 1.40 bits per heavy atom. The van der Waals surface area contributed by atoms with Crippen molar-refractivity contribution in [2.24, 2.45) is 0 Å². The van der Waals surface area contributed by atoms with Gasteiger partial charge in [0.25, 0.3) is 0 Å². The number of hydrogen-bond acceptors (Lipinski definition) is 5. The molecule has 25 heavy (non-hydrogen) atoms. The summed E-state index contributed by atoms with van der Waals surface area (Å²) in [6.45, 7) is 4.80. The number of benzene rings is 1. The molecule has 2 rings (SSSR count). The number of alkyl halides is 1. The minimum Gasteiger partial charge on any atom is -0.490 e. The van der Waals surface area contributed by atoms with Gasteiger partial charge in [-0.1, -0.05) is 24.8 Å². The van der Waals surface area contributed by atoms with E-state index in [1.165, 1.54) is 0 Å². The lowest BCUT2D eigenvalue weighted by molar-refractivity contribution is -0.122. The van der Waals surface area contributed by atoms with E-state index in [9.17, 15) is 13.2 Å². The standard InChI is InChI=1S/C17H23ClN2O4S/c1-3-8-24-14-6-4-13(5-7-14)9-20(2)10-17(21)19-16-12-25(22,23)11-15(16)18/h3-7,15-16H,1,8-12H2,2H3,(H,19,21)/t15-,16+/m0/s1. The molecule has 2 atom stereocenters. The van der Waals surface area contributed by atoms with Crippen molar-refractivity contribution < 1.29 is 17.9 Å². The molecule has 0 radical (unpaired) electrons. The van der Waals surface area contributed by atoms with Gasteiger partial charge in [-0.2, -0.15) is 0 Å². The number of halogens is 1. The normalized spacial score (nSPS) is 21.9. The van der Waals surface area contributed by atoms with Gasteiger partial charge in [0.05, 0.1) is 29.5 Å². The monoisotopic (exact) mass is 386 g/mol. The number of nitrogens with zero attached hydrogens (tertiary/aromatic N) is 1. The Balaban J connectivity index is 1.80. The molecule has 1 heterocycles. The number of nitrogens with one attached hydrogen (secondary N) is 1. The summed E-state index contributed by atoms with van der Waals surface area (Å²) in [6.07, 6.45) is 1.68. The van der Waals surface area contributed by atoms with Crippen LogP contribution in [0.5, 0.6) is 5.75 Å². The SMILES string of the molecule is C=CCOc1ccc(CN(C)CC(=O)N[C@@H]2CS(=O)(=O)C[C@@H]2Cl)cc1. The molecule has 0 bridgehead atoms. The highest BCUT2D eigenvalue weighted by atomic mass is 35.5. The van der Waals surface area contributed by atoms with Crippen molar-refractivity contribution in [1.29, 1.82) is 0 Å². The molecular weight excluding hydrogens is 364 g/mol. The van der Waals surface area contributed by atoms with E-state index in [1.807, 2.05) is 36.2 Å². The smallest absolute Gasteiger partial charge is 0.234 e. The third kappa shape index (κ3) is 6.34. The highest BCUT2D eigenvalue weighted by Crippen LogP contribution is 2.18. The van der Waals surface area contributed by atoms with E-state index in [0.29, 0.717) is 13.2 Å². The van der Waals surface area contributed by atoms with Crippen LogP contribution in [0.2, 0.25) is 0 Å².